The summed E-state index contributed by atoms with van der Waals surface area (Å²) in [6.45, 7) is 2.47. The van der Waals surface area contributed by atoms with Gasteiger partial charge in [-0.3, -0.25) is 4.90 Å². The van der Waals surface area contributed by atoms with Crippen LogP contribution in [-0.4, -0.2) is 22.1 Å². The Morgan fingerprint density at radius 2 is 1.68 bits per heavy atom. The standard InChI is InChI=1S/C21H23F2NO/c1-14-9-18(20(23)10-19(14)22)21(25)11-16-7-8-17(12-21)24(16)13-15-5-3-2-4-6-15/h2-6,9-10,16-17,25H,7-8,11-13H2,1H3. The Balaban J connectivity index is 1.59. The van der Waals surface area contributed by atoms with Crippen LogP contribution in [0.15, 0.2) is 42.5 Å². The van der Waals surface area contributed by atoms with Gasteiger partial charge < -0.3 is 5.11 Å². The van der Waals surface area contributed by atoms with Crippen LogP contribution in [-0.2, 0) is 12.1 Å². The molecule has 0 spiro atoms. The van der Waals surface area contributed by atoms with Crippen LogP contribution in [0.25, 0.3) is 0 Å². The van der Waals surface area contributed by atoms with E-state index in [2.05, 4.69) is 17.0 Å². The van der Waals surface area contributed by atoms with Gasteiger partial charge in [-0.1, -0.05) is 30.3 Å². The highest BCUT2D eigenvalue weighted by molar-refractivity contribution is 5.32. The van der Waals surface area contributed by atoms with Crippen molar-refractivity contribution in [1.82, 2.24) is 4.90 Å². The van der Waals surface area contributed by atoms with Gasteiger partial charge in [0.05, 0.1) is 5.60 Å². The zero-order valence-corrected chi connectivity index (χ0v) is 14.4. The van der Waals surface area contributed by atoms with Crippen molar-refractivity contribution in [2.75, 3.05) is 0 Å². The van der Waals surface area contributed by atoms with Crippen LogP contribution in [0.3, 0.4) is 0 Å². The Morgan fingerprint density at radius 3 is 2.32 bits per heavy atom. The first-order valence-corrected chi connectivity index (χ1v) is 8.94. The molecule has 25 heavy (non-hydrogen) atoms. The first-order chi connectivity index (χ1) is 12.0. The summed E-state index contributed by atoms with van der Waals surface area (Å²) >= 11 is 0. The van der Waals surface area contributed by atoms with Crippen LogP contribution < -0.4 is 0 Å². The molecule has 0 aliphatic carbocycles. The van der Waals surface area contributed by atoms with Gasteiger partial charge in [-0.05, 0) is 49.8 Å². The van der Waals surface area contributed by atoms with Gasteiger partial charge >= 0.3 is 0 Å². The molecule has 2 aliphatic rings. The van der Waals surface area contributed by atoms with E-state index in [0.717, 1.165) is 25.5 Å². The minimum atomic E-state index is -1.21. The molecule has 2 heterocycles. The number of benzene rings is 2. The summed E-state index contributed by atoms with van der Waals surface area (Å²) in [5.74, 6) is -1.20. The quantitative estimate of drug-likeness (QED) is 0.899. The fourth-order valence-corrected chi connectivity index (χ4v) is 4.60. The molecule has 0 saturated carbocycles. The third-order valence-electron chi connectivity index (χ3n) is 5.88. The summed E-state index contributed by atoms with van der Waals surface area (Å²) < 4.78 is 28.0. The van der Waals surface area contributed by atoms with Gasteiger partial charge in [0, 0.05) is 30.3 Å². The number of nitrogens with zero attached hydrogens (tertiary/aromatic N) is 1. The number of piperidine rings is 1. The molecule has 2 aliphatic heterocycles. The molecule has 4 rings (SSSR count). The fourth-order valence-electron chi connectivity index (χ4n) is 4.60. The molecule has 2 atom stereocenters. The lowest BCUT2D eigenvalue weighted by molar-refractivity contribution is -0.0616. The molecule has 4 heteroatoms. The molecule has 0 aromatic heterocycles. The molecule has 1 N–H and O–H groups in total. The zero-order chi connectivity index (χ0) is 17.6. The van der Waals surface area contributed by atoms with E-state index in [-0.39, 0.29) is 17.6 Å². The predicted octanol–water partition coefficient (Wildman–Crippen LogP) is 4.29. The number of hydrogen-bond donors (Lipinski definition) is 1. The van der Waals surface area contributed by atoms with E-state index >= 15 is 0 Å². The summed E-state index contributed by atoms with van der Waals surface area (Å²) in [6, 6.07) is 13.2. The van der Waals surface area contributed by atoms with Crippen molar-refractivity contribution in [3.8, 4) is 0 Å². The van der Waals surface area contributed by atoms with Crippen LogP contribution in [0.4, 0.5) is 8.78 Å². The number of aryl methyl sites for hydroxylation is 1. The molecule has 0 radical (unpaired) electrons. The van der Waals surface area contributed by atoms with Crippen molar-refractivity contribution in [2.45, 2.75) is 56.8 Å². The maximum absolute atomic E-state index is 14.4. The fraction of sp³-hybridized carbons (Fsp3) is 0.429. The topological polar surface area (TPSA) is 23.5 Å². The highest BCUT2D eigenvalue weighted by Crippen LogP contribution is 2.47. The zero-order valence-electron chi connectivity index (χ0n) is 14.4. The van der Waals surface area contributed by atoms with Crippen LogP contribution in [0.2, 0.25) is 0 Å². The average molecular weight is 343 g/mol. The van der Waals surface area contributed by atoms with Gasteiger partial charge in [0.25, 0.3) is 0 Å². The van der Waals surface area contributed by atoms with Crippen molar-refractivity contribution in [3.05, 3.63) is 70.8 Å². The molecule has 2 bridgehead atoms. The summed E-state index contributed by atoms with van der Waals surface area (Å²) in [5, 5.41) is 11.2. The van der Waals surface area contributed by atoms with Gasteiger partial charge in [0.2, 0.25) is 0 Å². The Hall–Kier alpha value is -1.78. The van der Waals surface area contributed by atoms with E-state index in [4.69, 9.17) is 0 Å². The summed E-state index contributed by atoms with van der Waals surface area (Å²) in [5.41, 5.74) is 0.682. The van der Waals surface area contributed by atoms with Crippen molar-refractivity contribution < 1.29 is 13.9 Å². The van der Waals surface area contributed by atoms with E-state index in [9.17, 15) is 13.9 Å². The van der Waals surface area contributed by atoms with Crippen molar-refractivity contribution in [1.29, 1.82) is 0 Å². The van der Waals surface area contributed by atoms with Gasteiger partial charge in [0.1, 0.15) is 11.6 Å². The first-order valence-electron chi connectivity index (χ1n) is 8.94. The third kappa shape index (κ3) is 2.98. The molecule has 132 valence electrons. The van der Waals surface area contributed by atoms with Crippen molar-refractivity contribution in [2.24, 2.45) is 0 Å². The lowest BCUT2D eigenvalue weighted by Gasteiger charge is -2.44. The number of hydrogen-bond acceptors (Lipinski definition) is 2. The maximum atomic E-state index is 14.4. The Bertz CT molecular complexity index is 763. The first kappa shape index (κ1) is 16.7. The monoisotopic (exact) mass is 343 g/mol. The molecule has 2 fully saturated rings. The normalized spacial score (nSPS) is 29.1. The minimum absolute atomic E-state index is 0.230. The van der Waals surface area contributed by atoms with E-state index in [1.54, 1.807) is 6.92 Å². The molecule has 2 nitrogen and oxygen atoms in total. The van der Waals surface area contributed by atoms with Crippen LogP contribution >= 0.6 is 0 Å². The Kier molecular flexibility index (Phi) is 4.13. The molecule has 2 aromatic carbocycles. The molecular weight excluding hydrogens is 320 g/mol. The maximum Gasteiger partial charge on any atom is 0.132 e. The van der Waals surface area contributed by atoms with E-state index < -0.39 is 17.2 Å². The second-order valence-electron chi connectivity index (χ2n) is 7.56. The van der Waals surface area contributed by atoms with Crippen LogP contribution in [0.5, 0.6) is 0 Å². The summed E-state index contributed by atoms with van der Waals surface area (Å²) in [7, 11) is 0. The highest BCUT2D eigenvalue weighted by Gasteiger charge is 2.49. The SMILES string of the molecule is Cc1cc(C2(O)CC3CCC(C2)N3Cc2ccccc2)c(F)cc1F. The van der Waals surface area contributed by atoms with Gasteiger partial charge in [-0.2, -0.15) is 0 Å². The Morgan fingerprint density at radius 1 is 1.04 bits per heavy atom. The second-order valence-corrected chi connectivity index (χ2v) is 7.56. The van der Waals surface area contributed by atoms with E-state index in [0.29, 0.717) is 18.4 Å². The second kappa shape index (κ2) is 6.19. The number of aliphatic hydroxyl groups is 1. The largest absolute Gasteiger partial charge is 0.385 e. The summed E-state index contributed by atoms with van der Waals surface area (Å²) in [4.78, 5) is 2.44. The molecule has 2 aromatic rings. The van der Waals surface area contributed by atoms with Crippen molar-refractivity contribution >= 4 is 0 Å². The Labute approximate surface area is 147 Å². The number of fused-ring (bicyclic) bond motifs is 2. The molecular formula is C21H23F2NO. The smallest absolute Gasteiger partial charge is 0.132 e. The van der Waals surface area contributed by atoms with Gasteiger partial charge in [-0.15, -0.1) is 0 Å². The van der Waals surface area contributed by atoms with Crippen molar-refractivity contribution in [3.63, 3.8) is 0 Å². The molecule has 0 amide bonds. The van der Waals surface area contributed by atoms with Crippen LogP contribution in [0.1, 0.15) is 42.4 Å². The minimum Gasteiger partial charge on any atom is -0.385 e. The number of rotatable bonds is 3. The van der Waals surface area contributed by atoms with E-state index in [1.165, 1.54) is 11.6 Å². The molecule has 2 unspecified atom stereocenters. The van der Waals surface area contributed by atoms with Gasteiger partial charge in [-0.25, -0.2) is 8.78 Å². The lowest BCUT2D eigenvalue weighted by atomic mass is 9.79. The number of halogens is 2. The lowest BCUT2D eigenvalue weighted by Crippen LogP contribution is -2.49. The average Bonchev–Trinajstić information content (AvgIpc) is 2.83. The predicted molar refractivity (Wildman–Crippen MR) is 93.0 cm³/mol. The summed E-state index contributed by atoms with van der Waals surface area (Å²) in [6.07, 6.45) is 3.03. The molecule has 2 saturated heterocycles. The van der Waals surface area contributed by atoms with E-state index in [1.807, 2.05) is 18.2 Å². The van der Waals surface area contributed by atoms with Gasteiger partial charge in [0.15, 0.2) is 0 Å². The van der Waals surface area contributed by atoms with Crippen LogP contribution in [0, 0.1) is 18.6 Å². The highest BCUT2D eigenvalue weighted by atomic mass is 19.1. The third-order valence-corrected chi connectivity index (χ3v) is 5.88.